The van der Waals surface area contributed by atoms with E-state index in [2.05, 4.69) is 4.74 Å². The lowest BCUT2D eigenvalue weighted by molar-refractivity contribution is -0.0367. The van der Waals surface area contributed by atoms with E-state index in [1.807, 2.05) is 0 Å². The molecular formula is C7H13F2NO. The molecule has 0 aromatic heterocycles. The second kappa shape index (κ2) is 5.21. The highest BCUT2D eigenvalue weighted by molar-refractivity contribution is 4.95. The molecule has 0 aromatic carbocycles. The molecule has 2 nitrogen and oxygen atoms in total. The van der Waals surface area contributed by atoms with Crippen molar-refractivity contribution in [3.05, 3.63) is 12.2 Å². The highest BCUT2D eigenvalue weighted by Crippen LogP contribution is 2.14. The summed E-state index contributed by atoms with van der Waals surface area (Å²) in [5.74, 6) is -2.88. The minimum Gasteiger partial charge on any atom is -0.375 e. The summed E-state index contributed by atoms with van der Waals surface area (Å²) >= 11 is 0. The first kappa shape index (κ1) is 10.5. The van der Waals surface area contributed by atoms with Gasteiger partial charge < -0.3 is 10.5 Å². The number of halogens is 2. The zero-order chi connectivity index (χ0) is 8.74. The summed E-state index contributed by atoms with van der Waals surface area (Å²) in [5.41, 5.74) is 5.00. The predicted octanol–water partition coefficient (Wildman–Crippen LogP) is 1.17. The van der Waals surface area contributed by atoms with Crippen LogP contribution in [0, 0.1) is 0 Å². The second-order valence-corrected chi connectivity index (χ2v) is 2.04. The Morgan fingerprint density at radius 1 is 1.55 bits per heavy atom. The Morgan fingerprint density at radius 3 is 2.64 bits per heavy atom. The van der Waals surface area contributed by atoms with Gasteiger partial charge in [-0.3, -0.25) is 0 Å². The second-order valence-electron chi connectivity index (χ2n) is 2.04. The van der Waals surface area contributed by atoms with Gasteiger partial charge in [0, 0.05) is 13.2 Å². The summed E-state index contributed by atoms with van der Waals surface area (Å²) in [7, 11) is 0. The van der Waals surface area contributed by atoms with Crippen molar-refractivity contribution in [3.8, 4) is 0 Å². The maximum Gasteiger partial charge on any atom is 0.289 e. The first-order chi connectivity index (χ1) is 5.12. The van der Waals surface area contributed by atoms with E-state index >= 15 is 0 Å². The lowest BCUT2D eigenvalue weighted by Crippen LogP contribution is -2.21. The molecule has 0 radical (unpaired) electrons. The number of ether oxygens (including phenoxy) is 1. The Morgan fingerprint density at radius 2 is 2.18 bits per heavy atom. The molecule has 0 unspecified atom stereocenters. The third-order valence-electron chi connectivity index (χ3n) is 0.996. The van der Waals surface area contributed by atoms with E-state index in [0.717, 1.165) is 6.08 Å². The zero-order valence-corrected chi connectivity index (χ0v) is 6.52. The van der Waals surface area contributed by atoms with Crippen LogP contribution in [0.25, 0.3) is 0 Å². The maximum absolute atomic E-state index is 12.5. The van der Waals surface area contributed by atoms with Crippen LogP contribution < -0.4 is 5.73 Å². The number of alkyl halides is 2. The number of nitrogens with two attached hydrogens (primary N) is 1. The highest BCUT2D eigenvalue weighted by atomic mass is 19.3. The molecule has 0 aliphatic rings. The van der Waals surface area contributed by atoms with Crippen LogP contribution in [0.5, 0.6) is 0 Å². The van der Waals surface area contributed by atoms with Gasteiger partial charge in [0.05, 0.1) is 0 Å². The normalized spacial score (nSPS) is 12.7. The van der Waals surface area contributed by atoms with Gasteiger partial charge in [-0.15, -0.1) is 0 Å². The van der Waals surface area contributed by atoms with E-state index in [-0.39, 0.29) is 6.54 Å². The maximum atomic E-state index is 12.5. The lowest BCUT2D eigenvalue weighted by atomic mass is 10.3. The minimum absolute atomic E-state index is 0.127. The van der Waals surface area contributed by atoms with Crippen molar-refractivity contribution in [2.75, 3.05) is 19.8 Å². The summed E-state index contributed by atoms with van der Waals surface area (Å²) in [5, 5.41) is 0. The van der Waals surface area contributed by atoms with E-state index in [1.165, 1.54) is 6.08 Å². The van der Waals surface area contributed by atoms with Crippen molar-refractivity contribution in [2.45, 2.75) is 12.8 Å². The first-order valence-corrected chi connectivity index (χ1v) is 3.45. The lowest BCUT2D eigenvalue weighted by Gasteiger charge is -2.10. The van der Waals surface area contributed by atoms with Gasteiger partial charge in [0.2, 0.25) is 0 Å². The van der Waals surface area contributed by atoms with Crippen LogP contribution in [0.2, 0.25) is 0 Å². The van der Waals surface area contributed by atoms with E-state index in [9.17, 15) is 8.78 Å². The predicted molar refractivity (Wildman–Crippen MR) is 39.6 cm³/mol. The highest BCUT2D eigenvalue weighted by Gasteiger charge is 2.24. The molecule has 11 heavy (non-hydrogen) atoms. The smallest absolute Gasteiger partial charge is 0.289 e. The Hall–Kier alpha value is -0.480. The molecule has 0 spiro atoms. The van der Waals surface area contributed by atoms with E-state index < -0.39 is 12.5 Å². The average molecular weight is 165 g/mol. The number of hydrogen-bond donors (Lipinski definition) is 1. The quantitative estimate of drug-likeness (QED) is 0.621. The van der Waals surface area contributed by atoms with E-state index in [4.69, 9.17) is 5.73 Å². The van der Waals surface area contributed by atoms with Crippen molar-refractivity contribution in [3.63, 3.8) is 0 Å². The molecule has 0 amide bonds. The molecule has 4 heteroatoms. The fraction of sp³-hybridized carbons (Fsp3) is 0.714. The monoisotopic (exact) mass is 165 g/mol. The van der Waals surface area contributed by atoms with Crippen LogP contribution >= 0.6 is 0 Å². The molecule has 0 fully saturated rings. The molecule has 0 aromatic rings. The third kappa shape index (κ3) is 5.94. The molecule has 0 aliphatic heterocycles. The molecule has 0 rings (SSSR count). The van der Waals surface area contributed by atoms with Crippen LogP contribution in [0.15, 0.2) is 12.2 Å². The van der Waals surface area contributed by atoms with Crippen molar-refractivity contribution >= 4 is 0 Å². The summed E-state index contributed by atoms with van der Waals surface area (Å²) in [6.45, 7) is 1.52. The van der Waals surface area contributed by atoms with E-state index in [1.54, 1.807) is 6.92 Å². The SMILES string of the molecule is CCOCC(F)(F)/C=C/CN. The topological polar surface area (TPSA) is 35.2 Å². The molecule has 0 saturated carbocycles. The van der Waals surface area contributed by atoms with Crippen LogP contribution in [-0.2, 0) is 4.74 Å². The molecule has 0 bridgehead atoms. The fourth-order valence-corrected chi connectivity index (χ4v) is 0.527. The van der Waals surface area contributed by atoms with Crippen molar-refractivity contribution in [1.29, 1.82) is 0 Å². The standard InChI is InChI=1S/C7H13F2NO/c1-2-11-6-7(8,9)4-3-5-10/h3-4H,2,5-6,10H2,1H3/b4-3+. The van der Waals surface area contributed by atoms with Crippen LogP contribution in [0.3, 0.4) is 0 Å². The molecular weight excluding hydrogens is 152 g/mol. The average Bonchev–Trinajstić information content (AvgIpc) is 1.97. The largest absolute Gasteiger partial charge is 0.375 e. The third-order valence-corrected chi connectivity index (χ3v) is 0.996. The van der Waals surface area contributed by atoms with Gasteiger partial charge >= 0.3 is 0 Å². The molecule has 0 saturated heterocycles. The van der Waals surface area contributed by atoms with Gasteiger partial charge in [-0.2, -0.15) is 8.78 Å². The van der Waals surface area contributed by atoms with Gasteiger partial charge in [-0.1, -0.05) is 6.08 Å². The fourth-order valence-electron chi connectivity index (χ4n) is 0.527. The van der Waals surface area contributed by atoms with Gasteiger partial charge in [0.1, 0.15) is 6.61 Å². The Bertz CT molecular complexity index is 126. The summed E-state index contributed by atoms with van der Waals surface area (Å²) < 4.78 is 29.6. The first-order valence-electron chi connectivity index (χ1n) is 3.45. The summed E-state index contributed by atoms with van der Waals surface area (Å²) in [4.78, 5) is 0. The summed E-state index contributed by atoms with van der Waals surface area (Å²) in [6, 6.07) is 0. The van der Waals surface area contributed by atoms with Gasteiger partial charge in [-0.05, 0) is 13.0 Å². The molecule has 2 N–H and O–H groups in total. The number of hydrogen-bond acceptors (Lipinski definition) is 2. The molecule has 0 aliphatic carbocycles. The van der Waals surface area contributed by atoms with Crippen LogP contribution in [-0.4, -0.2) is 25.7 Å². The van der Waals surface area contributed by atoms with Gasteiger partial charge in [0.15, 0.2) is 0 Å². The molecule has 0 atom stereocenters. The Balaban J connectivity index is 3.69. The van der Waals surface area contributed by atoms with Crippen molar-refractivity contribution in [2.24, 2.45) is 5.73 Å². The van der Waals surface area contributed by atoms with Gasteiger partial charge in [0.25, 0.3) is 5.92 Å². The Kier molecular flexibility index (Phi) is 4.98. The molecule has 0 heterocycles. The van der Waals surface area contributed by atoms with E-state index in [0.29, 0.717) is 6.61 Å². The number of rotatable bonds is 5. The van der Waals surface area contributed by atoms with Crippen LogP contribution in [0.1, 0.15) is 6.92 Å². The zero-order valence-electron chi connectivity index (χ0n) is 6.52. The van der Waals surface area contributed by atoms with Crippen LogP contribution in [0.4, 0.5) is 8.78 Å². The van der Waals surface area contributed by atoms with Crippen molar-refractivity contribution < 1.29 is 13.5 Å². The molecule has 66 valence electrons. The van der Waals surface area contributed by atoms with Crippen molar-refractivity contribution in [1.82, 2.24) is 0 Å². The van der Waals surface area contributed by atoms with Gasteiger partial charge in [-0.25, -0.2) is 0 Å². The summed E-state index contributed by atoms with van der Waals surface area (Å²) in [6.07, 6.45) is 1.99. The Labute approximate surface area is 65.0 Å². The minimum atomic E-state index is -2.88.